The number of rotatable bonds is 5. The van der Waals surface area contributed by atoms with Crippen LogP contribution in [0.25, 0.3) is 0 Å². The van der Waals surface area contributed by atoms with Crippen LogP contribution in [0, 0.1) is 0 Å². The van der Waals surface area contributed by atoms with E-state index in [1.807, 2.05) is 23.1 Å². The van der Waals surface area contributed by atoms with Gasteiger partial charge >= 0.3 is 0 Å². The van der Waals surface area contributed by atoms with Gasteiger partial charge in [0.25, 0.3) is 0 Å². The van der Waals surface area contributed by atoms with Gasteiger partial charge < -0.3 is 14.5 Å². The summed E-state index contributed by atoms with van der Waals surface area (Å²) in [6, 6.07) is 11.6. The summed E-state index contributed by atoms with van der Waals surface area (Å²) >= 11 is 0. The molecule has 3 aliphatic heterocycles. The number of pyridine rings is 1. The van der Waals surface area contributed by atoms with Crippen molar-refractivity contribution in [2.24, 2.45) is 0 Å². The van der Waals surface area contributed by atoms with Crippen LogP contribution >= 0.6 is 0 Å². The van der Waals surface area contributed by atoms with E-state index >= 15 is 0 Å². The van der Waals surface area contributed by atoms with E-state index in [-0.39, 0.29) is 10.8 Å². The molecule has 0 spiro atoms. The zero-order valence-corrected chi connectivity index (χ0v) is 20.1. The standard InChI is InChI=1S/C24H31N5O4S/c30-24(29-9-3-5-20-4-1-2-6-22(20)29)19-26-10-12-27(13-11-26)23-8-7-21(18-25-23)34(31,32)28-14-16-33-17-15-28/h1-2,4,6-8,18H,3,5,9-17,19H2. The lowest BCUT2D eigenvalue weighted by atomic mass is 10.0. The third-order valence-corrected chi connectivity index (χ3v) is 8.68. The fraction of sp³-hybridized carbons (Fsp3) is 0.500. The average Bonchev–Trinajstić information content (AvgIpc) is 2.89. The van der Waals surface area contributed by atoms with Gasteiger partial charge in [0.15, 0.2) is 0 Å². The number of aryl methyl sites for hydroxylation is 1. The number of nitrogens with zero attached hydrogens (tertiary/aromatic N) is 5. The summed E-state index contributed by atoms with van der Waals surface area (Å²) in [7, 11) is -3.54. The molecule has 182 valence electrons. The lowest BCUT2D eigenvalue weighted by Crippen LogP contribution is -2.51. The number of morpholine rings is 1. The predicted octanol–water partition coefficient (Wildman–Crippen LogP) is 1.20. The third kappa shape index (κ3) is 4.81. The van der Waals surface area contributed by atoms with Crippen LogP contribution in [0.15, 0.2) is 47.5 Å². The van der Waals surface area contributed by atoms with Gasteiger partial charge in [-0.05, 0) is 36.6 Å². The van der Waals surface area contributed by atoms with Gasteiger partial charge in [0.1, 0.15) is 10.7 Å². The highest BCUT2D eigenvalue weighted by molar-refractivity contribution is 7.89. The van der Waals surface area contributed by atoms with Crippen LogP contribution in [0.3, 0.4) is 0 Å². The summed E-state index contributed by atoms with van der Waals surface area (Å²) in [5.74, 6) is 0.910. The third-order valence-electron chi connectivity index (χ3n) is 6.80. The Hall–Kier alpha value is -2.53. The second kappa shape index (κ2) is 9.99. The number of hydrogen-bond donors (Lipinski definition) is 0. The number of anilines is 2. The van der Waals surface area contributed by atoms with Crippen LogP contribution in [-0.2, 0) is 26.0 Å². The SMILES string of the molecule is O=C(CN1CCN(c2ccc(S(=O)(=O)N3CCOCC3)cn2)CC1)N1CCCc2ccccc21. The molecule has 0 aliphatic carbocycles. The molecule has 3 aliphatic rings. The maximum atomic E-state index is 13.0. The van der Waals surface area contributed by atoms with Crippen LogP contribution in [0.4, 0.5) is 11.5 Å². The van der Waals surface area contributed by atoms with Gasteiger partial charge in [0, 0.05) is 57.7 Å². The van der Waals surface area contributed by atoms with Crippen LogP contribution < -0.4 is 9.80 Å². The summed E-state index contributed by atoms with van der Waals surface area (Å²) in [4.78, 5) is 23.9. The molecule has 2 aromatic rings. The number of benzene rings is 1. The Morgan fingerprint density at radius 1 is 0.941 bits per heavy atom. The molecule has 9 nitrogen and oxygen atoms in total. The molecular weight excluding hydrogens is 454 g/mol. The Morgan fingerprint density at radius 3 is 2.44 bits per heavy atom. The maximum absolute atomic E-state index is 13.0. The minimum Gasteiger partial charge on any atom is -0.379 e. The summed E-state index contributed by atoms with van der Waals surface area (Å²) in [5.41, 5.74) is 2.30. The molecule has 2 fully saturated rings. The largest absolute Gasteiger partial charge is 0.379 e. The molecule has 0 unspecified atom stereocenters. The van der Waals surface area contributed by atoms with Gasteiger partial charge in [-0.3, -0.25) is 9.69 Å². The first-order chi connectivity index (χ1) is 16.5. The second-order valence-electron chi connectivity index (χ2n) is 8.91. The lowest BCUT2D eigenvalue weighted by molar-refractivity contribution is -0.119. The molecule has 4 heterocycles. The van der Waals surface area contributed by atoms with E-state index in [0.717, 1.165) is 57.1 Å². The van der Waals surface area contributed by atoms with E-state index in [2.05, 4.69) is 20.9 Å². The number of para-hydroxylation sites is 1. The number of fused-ring (bicyclic) bond motifs is 1. The van der Waals surface area contributed by atoms with Crippen molar-refractivity contribution in [3.63, 3.8) is 0 Å². The number of aromatic nitrogens is 1. The number of carbonyl (C=O) groups is 1. The van der Waals surface area contributed by atoms with Crippen LogP contribution in [-0.4, -0.2) is 94.1 Å². The Morgan fingerprint density at radius 2 is 1.71 bits per heavy atom. The summed E-state index contributed by atoms with van der Waals surface area (Å²) in [6.07, 6.45) is 3.47. The van der Waals surface area contributed by atoms with Gasteiger partial charge in [0.2, 0.25) is 15.9 Å². The molecule has 1 aromatic heterocycles. The molecule has 0 saturated carbocycles. The molecule has 0 radical (unpaired) electrons. The van der Waals surface area contributed by atoms with Gasteiger partial charge in [-0.15, -0.1) is 0 Å². The Labute approximate surface area is 201 Å². The molecule has 0 N–H and O–H groups in total. The number of ether oxygens (including phenoxy) is 1. The average molecular weight is 486 g/mol. The molecule has 10 heteroatoms. The highest BCUT2D eigenvalue weighted by Crippen LogP contribution is 2.27. The molecule has 0 atom stereocenters. The van der Waals surface area contributed by atoms with Gasteiger partial charge in [0.05, 0.1) is 19.8 Å². The van der Waals surface area contributed by atoms with E-state index in [0.29, 0.717) is 32.8 Å². The van der Waals surface area contributed by atoms with Gasteiger partial charge in [-0.1, -0.05) is 18.2 Å². The highest BCUT2D eigenvalue weighted by Gasteiger charge is 2.28. The number of hydrogen-bond acceptors (Lipinski definition) is 7. The molecule has 2 saturated heterocycles. The van der Waals surface area contributed by atoms with Crippen molar-refractivity contribution in [2.45, 2.75) is 17.7 Å². The van der Waals surface area contributed by atoms with Gasteiger partial charge in [-0.25, -0.2) is 13.4 Å². The predicted molar refractivity (Wildman–Crippen MR) is 130 cm³/mol. The van der Waals surface area contributed by atoms with E-state index < -0.39 is 10.0 Å². The Kier molecular flexibility index (Phi) is 6.82. The van der Waals surface area contributed by atoms with Gasteiger partial charge in [-0.2, -0.15) is 4.31 Å². The number of carbonyl (C=O) groups excluding carboxylic acids is 1. The molecule has 5 rings (SSSR count). The van der Waals surface area contributed by atoms with E-state index in [9.17, 15) is 13.2 Å². The van der Waals surface area contributed by atoms with Crippen molar-refractivity contribution in [3.05, 3.63) is 48.2 Å². The zero-order valence-electron chi connectivity index (χ0n) is 19.3. The van der Waals surface area contributed by atoms with E-state index in [4.69, 9.17) is 4.74 Å². The first-order valence-corrected chi connectivity index (χ1v) is 13.4. The van der Waals surface area contributed by atoms with Crippen LogP contribution in [0.5, 0.6) is 0 Å². The molecular formula is C24H31N5O4S. The van der Waals surface area contributed by atoms with Crippen molar-refractivity contribution in [1.82, 2.24) is 14.2 Å². The van der Waals surface area contributed by atoms with Crippen molar-refractivity contribution >= 4 is 27.4 Å². The quantitative estimate of drug-likeness (QED) is 0.629. The zero-order chi connectivity index (χ0) is 23.5. The van der Waals surface area contributed by atoms with E-state index in [1.54, 1.807) is 12.1 Å². The minimum absolute atomic E-state index is 0.149. The Balaban J connectivity index is 1.16. The van der Waals surface area contributed by atoms with Crippen molar-refractivity contribution in [1.29, 1.82) is 0 Å². The van der Waals surface area contributed by atoms with Crippen LogP contribution in [0.2, 0.25) is 0 Å². The summed E-state index contributed by atoms with van der Waals surface area (Å²) in [6.45, 7) is 5.77. The van der Waals surface area contributed by atoms with E-state index in [1.165, 1.54) is 16.1 Å². The molecule has 0 bridgehead atoms. The van der Waals surface area contributed by atoms with Crippen molar-refractivity contribution < 1.29 is 17.9 Å². The number of sulfonamides is 1. The summed E-state index contributed by atoms with van der Waals surface area (Å²) < 4.78 is 32.3. The molecule has 1 aromatic carbocycles. The highest BCUT2D eigenvalue weighted by atomic mass is 32.2. The number of piperazine rings is 1. The second-order valence-corrected chi connectivity index (χ2v) is 10.8. The number of amides is 1. The first-order valence-electron chi connectivity index (χ1n) is 11.9. The monoisotopic (exact) mass is 485 g/mol. The topological polar surface area (TPSA) is 86.3 Å². The molecule has 1 amide bonds. The Bertz CT molecular complexity index is 1110. The fourth-order valence-corrected chi connectivity index (χ4v) is 6.21. The van der Waals surface area contributed by atoms with Crippen molar-refractivity contribution in [3.8, 4) is 0 Å². The first kappa shape index (κ1) is 23.2. The van der Waals surface area contributed by atoms with Crippen LogP contribution in [0.1, 0.15) is 12.0 Å². The summed E-state index contributed by atoms with van der Waals surface area (Å²) in [5, 5.41) is 0. The lowest BCUT2D eigenvalue weighted by Gasteiger charge is -2.37. The smallest absolute Gasteiger partial charge is 0.244 e. The normalized spacial score (nSPS) is 20.2. The maximum Gasteiger partial charge on any atom is 0.244 e. The van der Waals surface area contributed by atoms with Crippen molar-refractivity contribution in [2.75, 3.05) is 75.4 Å². The minimum atomic E-state index is -3.54. The molecule has 34 heavy (non-hydrogen) atoms. The fourth-order valence-electron chi connectivity index (χ4n) is 4.85.